The Balaban J connectivity index is 1.83. The van der Waals surface area contributed by atoms with E-state index in [4.69, 9.17) is 0 Å². The third-order valence-electron chi connectivity index (χ3n) is 4.42. The molecule has 0 fully saturated rings. The normalized spacial score (nSPS) is 15.8. The standard InChI is InChI=1S/C19H16N2O3S/c22-17-11-15-5-1-2-6-16(15)12-21(13-17)25(23,24)18-9-3-7-14-8-4-10-20-19(14)18/h1-10H,11-13H2. The SMILES string of the molecule is O=C1Cc2ccccc2CN(S(=O)(=O)c2cccc3cccnc23)C1. The van der Waals surface area contributed by atoms with Crippen LogP contribution in [0.15, 0.2) is 65.7 Å². The molecule has 4 rings (SSSR count). The number of fused-ring (bicyclic) bond motifs is 2. The van der Waals surface area contributed by atoms with E-state index >= 15 is 0 Å². The summed E-state index contributed by atoms with van der Waals surface area (Å²) in [5.74, 6) is -0.110. The molecule has 0 bridgehead atoms. The van der Waals surface area contributed by atoms with E-state index in [2.05, 4.69) is 4.98 Å². The van der Waals surface area contributed by atoms with E-state index in [1.165, 1.54) is 4.31 Å². The number of carbonyl (C=O) groups excluding carboxylic acids is 1. The van der Waals surface area contributed by atoms with E-state index in [1.54, 1.807) is 24.4 Å². The van der Waals surface area contributed by atoms with Crippen LogP contribution < -0.4 is 0 Å². The molecule has 0 atom stereocenters. The second-order valence-corrected chi connectivity index (χ2v) is 7.99. The number of pyridine rings is 1. The van der Waals surface area contributed by atoms with E-state index in [9.17, 15) is 13.2 Å². The number of hydrogen-bond donors (Lipinski definition) is 0. The van der Waals surface area contributed by atoms with Gasteiger partial charge < -0.3 is 0 Å². The molecule has 3 aromatic rings. The van der Waals surface area contributed by atoms with Crippen molar-refractivity contribution in [2.45, 2.75) is 17.9 Å². The van der Waals surface area contributed by atoms with E-state index in [0.717, 1.165) is 16.5 Å². The molecule has 0 aliphatic carbocycles. The Morgan fingerprint density at radius 2 is 1.64 bits per heavy atom. The highest BCUT2D eigenvalue weighted by Gasteiger charge is 2.31. The van der Waals surface area contributed by atoms with Crippen molar-refractivity contribution in [3.05, 3.63) is 71.9 Å². The average Bonchev–Trinajstić information content (AvgIpc) is 2.79. The molecule has 126 valence electrons. The molecule has 6 heteroatoms. The predicted octanol–water partition coefficient (Wildman–Crippen LogP) is 2.55. The average molecular weight is 352 g/mol. The van der Waals surface area contributed by atoms with Crippen LogP contribution in [-0.4, -0.2) is 30.0 Å². The van der Waals surface area contributed by atoms with E-state index in [-0.39, 0.29) is 30.2 Å². The molecule has 1 aromatic heterocycles. The molecule has 0 unspecified atom stereocenters. The Morgan fingerprint density at radius 3 is 2.48 bits per heavy atom. The molecule has 5 nitrogen and oxygen atoms in total. The molecule has 0 saturated heterocycles. The summed E-state index contributed by atoms with van der Waals surface area (Å²) in [4.78, 5) is 16.7. The number of Topliss-reactive ketones (excluding diaryl/α,β-unsaturated/α-hetero) is 1. The minimum absolute atomic E-state index is 0.110. The fourth-order valence-electron chi connectivity index (χ4n) is 3.19. The van der Waals surface area contributed by atoms with Crippen molar-refractivity contribution in [2.75, 3.05) is 6.54 Å². The number of carbonyl (C=O) groups is 1. The van der Waals surface area contributed by atoms with Gasteiger partial charge in [0.2, 0.25) is 10.0 Å². The first-order valence-corrected chi connectivity index (χ1v) is 9.42. The minimum Gasteiger partial charge on any atom is -0.298 e. The van der Waals surface area contributed by atoms with Gasteiger partial charge in [-0.25, -0.2) is 8.42 Å². The Morgan fingerprint density at radius 1 is 0.880 bits per heavy atom. The van der Waals surface area contributed by atoms with Crippen molar-refractivity contribution < 1.29 is 13.2 Å². The number of rotatable bonds is 2. The number of nitrogens with zero attached hydrogens (tertiary/aromatic N) is 2. The molecule has 0 radical (unpaired) electrons. The Kier molecular flexibility index (Phi) is 3.86. The van der Waals surface area contributed by atoms with Crippen molar-refractivity contribution >= 4 is 26.7 Å². The highest BCUT2D eigenvalue weighted by atomic mass is 32.2. The molecule has 0 N–H and O–H groups in total. The summed E-state index contributed by atoms with van der Waals surface area (Å²) in [6.45, 7) is 0.0632. The zero-order valence-electron chi connectivity index (χ0n) is 13.4. The summed E-state index contributed by atoms with van der Waals surface area (Å²) in [5, 5.41) is 0.755. The number of benzene rings is 2. The first-order valence-electron chi connectivity index (χ1n) is 7.98. The zero-order valence-corrected chi connectivity index (χ0v) is 14.2. The van der Waals surface area contributed by atoms with Gasteiger partial charge in [-0.3, -0.25) is 9.78 Å². The summed E-state index contributed by atoms with van der Waals surface area (Å²) in [6, 6.07) is 16.1. The van der Waals surface area contributed by atoms with Crippen molar-refractivity contribution in [2.24, 2.45) is 0 Å². The quantitative estimate of drug-likeness (QED) is 0.711. The van der Waals surface area contributed by atoms with Gasteiger partial charge in [-0.05, 0) is 23.3 Å². The van der Waals surface area contributed by atoms with Crippen LogP contribution in [0.3, 0.4) is 0 Å². The molecule has 0 saturated carbocycles. The van der Waals surface area contributed by atoms with Crippen LogP contribution in [0.4, 0.5) is 0 Å². The molecule has 2 heterocycles. The lowest BCUT2D eigenvalue weighted by atomic mass is 10.0. The topological polar surface area (TPSA) is 67.3 Å². The number of sulfonamides is 1. The van der Waals surface area contributed by atoms with Gasteiger partial charge >= 0.3 is 0 Å². The van der Waals surface area contributed by atoms with Gasteiger partial charge in [-0.2, -0.15) is 4.31 Å². The third kappa shape index (κ3) is 2.83. The molecule has 0 spiro atoms. The van der Waals surface area contributed by atoms with Gasteiger partial charge in [-0.15, -0.1) is 0 Å². The second-order valence-electron chi connectivity index (χ2n) is 6.09. The van der Waals surface area contributed by atoms with Crippen LogP contribution in [-0.2, 0) is 27.8 Å². The van der Waals surface area contributed by atoms with Crippen LogP contribution in [0.5, 0.6) is 0 Å². The maximum atomic E-state index is 13.2. The van der Waals surface area contributed by atoms with Gasteiger partial charge in [0.05, 0.1) is 12.1 Å². The highest BCUT2D eigenvalue weighted by Crippen LogP contribution is 2.27. The van der Waals surface area contributed by atoms with Crippen LogP contribution >= 0.6 is 0 Å². The molecule has 1 aliphatic rings. The monoisotopic (exact) mass is 352 g/mol. The second kappa shape index (κ2) is 6.06. The summed E-state index contributed by atoms with van der Waals surface area (Å²) in [5.41, 5.74) is 2.18. The van der Waals surface area contributed by atoms with Gasteiger partial charge in [0.25, 0.3) is 0 Å². The minimum atomic E-state index is -3.84. The van der Waals surface area contributed by atoms with Crippen molar-refractivity contribution in [3.8, 4) is 0 Å². The summed E-state index contributed by atoms with van der Waals surface area (Å²) in [6.07, 6.45) is 1.83. The Bertz CT molecular complexity index is 1070. The molecule has 25 heavy (non-hydrogen) atoms. The zero-order chi connectivity index (χ0) is 17.4. The van der Waals surface area contributed by atoms with E-state index in [0.29, 0.717) is 5.52 Å². The number of ketones is 1. The smallest absolute Gasteiger partial charge is 0.245 e. The van der Waals surface area contributed by atoms with Crippen LogP contribution in [0.2, 0.25) is 0 Å². The van der Waals surface area contributed by atoms with E-state index in [1.807, 2.05) is 36.4 Å². The van der Waals surface area contributed by atoms with Gasteiger partial charge in [0, 0.05) is 24.5 Å². The predicted molar refractivity (Wildman–Crippen MR) is 94.5 cm³/mol. The number of hydrogen-bond acceptors (Lipinski definition) is 4. The lowest BCUT2D eigenvalue weighted by Gasteiger charge is -2.20. The van der Waals surface area contributed by atoms with Crippen LogP contribution in [0.25, 0.3) is 10.9 Å². The van der Waals surface area contributed by atoms with Crippen LogP contribution in [0, 0.1) is 0 Å². The summed E-state index contributed by atoms with van der Waals surface area (Å²) < 4.78 is 27.7. The van der Waals surface area contributed by atoms with Gasteiger partial charge in [-0.1, -0.05) is 42.5 Å². The van der Waals surface area contributed by atoms with Gasteiger partial charge in [0.1, 0.15) is 4.90 Å². The fourth-order valence-corrected chi connectivity index (χ4v) is 4.76. The lowest BCUT2D eigenvalue weighted by molar-refractivity contribution is -0.118. The first-order chi connectivity index (χ1) is 12.1. The highest BCUT2D eigenvalue weighted by molar-refractivity contribution is 7.89. The molecule has 1 aliphatic heterocycles. The van der Waals surface area contributed by atoms with Crippen molar-refractivity contribution in [1.82, 2.24) is 9.29 Å². The third-order valence-corrected chi connectivity index (χ3v) is 6.24. The molecular weight excluding hydrogens is 336 g/mol. The largest absolute Gasteiger partial charge is 0.298 e. The number of aromatic nitrogens is 1. The molecular formula is C19H16N2O3S. The Hall–Kier alpha value is -2.57. The first kappa shape index (κ1) is 15.9. The fraction of sp³-hybridized carbons (Fsp3) is 0.158. The lowest BCUT2D eigenvalue weighted by Crippen LogP contribution is -2.34. The number of para-hydroxylation sites is 1. The van der Waals surface area contributed by atoms with Gasteiger partial charge in [0.15, 0.2) is 5.78 Å². The summed E-state index contributed by atoms with van der Waals surface area (Å²) in [7, 11) is -3.84. The maximum Gasteiger partial charge on any atom is 0.245 e. The molecule has 0 amide bonds. The molecule has 2 aromatic carbocycles. The van der Waals surface area contributed by atoms with Crippen molar-refractivity contribution in [3.63, 3.8) is 0 Å². The summed E-state index contributed by atoms with van der Waals surface area (Å²) >= 11 is 0. The maximum absolute atomic E-state index is 13.2. The van der Waals surface area contributed by atoms with E-state index < -0.39 is 10.0 Å². The van der Waals surface area contributed by atoms with Crippen molar-refractivity contribution in [1.29, 1.82) is 0 Å². The Labute approximate surface area is 146 Å². The van der Waals surface area contributed by atoms with Crippen LogP contribution in [0.1, 0.15) is 11.1 Å².